The Hall–Kier alpha value is -0.380. The minimum absolute atomic E-state index is 0.0341. The van der Waals surface area contributed by atoms with Gasteiger partial charge in [-0.15, -0.1) is 11.3 Å². The second kappa shape index (κ2) is 7.58. The third-order valence-electron chi connectivity index (χ3n) is 4.49. The second-order valence-electron chi connectivity index (χ2n) is 6.09. The quantitative estimate of drug-likeness (QED) is 0.812. The van der Waals surface area contributed by atoms with Crippen molar-refractivity contribution in [3.63, 3.8) is 0 Å². The summed E-state index contributed by atoms with van der Waals surface area (Å²) in [6, 6.07) is 4.84. The van der Waals surface area contributed by atoms with Crippen molar-refractivity contribution in [2.24, 2.45) is 5.92 Å². The second-order valence-corrected chi connectivity index (χ2v) is 7.13. The molecule has 1 aliphatic carbocycles. The maximum Gasteiger partial charge on any atom is 0.0840 e. The molecule has 0 radical (unpaired) electrons. The van der Waals surface area contributed by atoms with Crippen LogP contribution in [0.1, 0.15) is 51.3 Å². The predicted octanol–water partition coefficient (Wildman–Crippen LogP) is 4.25. The lowest BCUT2D eigenvalue weighted by atomic mass is 9.73. The molecule has 0 aliphatic heterocycles. The van der Waals surface area contributed by atoms with Crippen LogP contribution in [-0.2, 0) is 11.2 Å². The minimum atomic E-state index is 0.0341. The van der Waals surface area contributed by atoms with Crippen molar-refractivity contribution >= 4 is 11.3 Å². The minimum Gasteiger partial charge on any atom is -0.374 e. The van der Waals surface area contributed by atoms with Gasteiger partial charge in [-0.05, 0) is 50.1 Å². The van der Waals surface area contributed by atoms with Gasteiger partial charge in [0.2, 0.25) is 0 Å². The first-order valence-corrected chi connectivity index (χ1v) is 8.98. The zero-order chi connectivity index (χ0) is 14.4. The Morgan fingerprint density at radius 2 is 2.35 bits per heavy atom. The van der Waals surface area contributed by atoms with Crippen LogP contribution in [0.5, 0.6) is 0 Å². The van der Waals surface area contributed by atoms with E-state index in [0.717, 1.165) is 25.5 Å². The third kappa shape index (κ3) is 3.84. The normalized spacial score (nSPS) is 28.4. The smallest absolute Gasteiger partial charge is 0.0840 e. The molecule has 0 amide bonds. The van der Waals surface area contributed by atoms with Gasteiger partial charge in [0.1, 0.15) is 0 Å². The number of ether oxygens (including phenoxy) is 1. The molecule has 0 spiro atoms. The predicted molar refractivity (Wildman–Crippen MR) is 87.5 cm³/mol. The maximum absolute atomic E-state index is 6.35. The highest BCUT2D eigenvalue weighted by Crippen LogP contribution is 2.39. The van der Waals surface area contributed by atoms with Gasteiger partial charge in [-0.3, -0.25) is 0 Å². The molecule has 0 bridgehead atoms. The van der Waals surface area contributed by atoms with E-state index < -0.39 is 0 Å². The fourth-order valence-corrected chi connectivity index (χ4v) is 4.45. The van der Waals surface area contributed by atoms with Crippen LogP contribution in [0.25, 0.3) is 0 Å². The molecule has 3 heteroatoms. The van der Waals surface area contributed by atoms with E-state index in [4.69, 9.17) is 4.74 Å². The first-order chi connectivity index (χ1) is 9.70. The summed E-state index contributed by atoms with van der Waals surface area (Å²) < 4.78 is 6.35. The molecule has 2 nitrogen and oxygen atoms in total. The highest BCUT2D eigenvalue weighted by atomic mass is 32.1. The summed E-state index contributed by atoms with van der Waals surface area (Å²) in [5.41, 5.74) is 0.0341. The summed E-state index contributed by atoms with van der Waals surface area (Å²) >= 11 is 1.86. The van der Waals surface area contributed by atoms with Gasteiger partial charge in [-0.1, -0.05) is 32.8 Å². The molecule has 1 fully saturated rings. The fraction of sp³-hybridized carbons (Fsp3) is 0.765. The molecule has 2 rings (SSSR count). The molecule has 114 valence electrons. The highest BCUT2D eigenvalue weighted by molar-refractivity contribution is 7.09. The Labute approximate surface area is 127 Å². The van der Waals surface area contributed by atoms with E-state index in [-0.39, 0.29) is 5.60 Å². The summed E-state index contributed by atoms with van der Waals surface area (Å²) in [5, 5.41) is 5.89. The monoisotopic (exact) mass is 295 g/mol. The van der Waals surface area contributed by atoms with E-state index in [1.165, 1.54) is 30.6 Å². The van der Waals surface area contributed by atoms with E-state index >= 15 is 0 Å². The summed E-state index contributed by atoms with van der Waals surface area (Å²) in [4.78, 5) is 1.47. The Balaban J connectivity index is 2.17. The maximum atomic E-state index is 6.35. The van der Waals surface area contributed by atoms with Gasteiger partial charge in [0.15, 0.2) is 0 Å². The van der Waals surface area contributed by atoms with E-state index in [0.29, 0.717) is 6.04 Å². The highest BCUT2D eigenvalue weighted by Gasteiger charge is 2.42. The molecule has 1 aromatic rings. The SMILES string of the molecule is CCNC(Cc1cccs1)C1(OCC)CCCC(C)C1. The number of nitrogens with one attached hydrogen (secondary N) is 1. The number of thiophene rings is 1. The fourth-order valence-electron chi connectivity index (χ4n) is 3.70. The van der Waals surface area contributed by atoms with E-state index in [2.05, 4.69) is 43.6 Å². The first-order valence-electron chi connectivity index (χ1n) is 8.10. The molecular formula is C17H29NOS. The van der Waals surface area contributed by atoms with Crippen molar-refractivity contribution in [3.05, 3.63) is 22.4 Å². The van der Waals surface area contributed by atoms with E-state index in [9.17, 15) is 0 Å². The Morgan fingerprint density at radius 3 is 2.95 bits per heavy atom. The average molecular weight is 295 g/mol. The zero-order valence-corrected chi connectivity index (χ0v) is 14.0. The number of likely N-dealkylation sites (N-methyl/N-ethyl adjacent to an activating group) is 1. The lowest BCUT2D eigenvalue weighted by molar-refractivity contribution is -0.0997. The molecular weight excluding hydrogens is 266 g/mol. The van der Waals surface area contributed by atoms with Crippen LogP contribution >= 0.6 is 11.3 Å². The summed E-state index contributed by atoms with van der Waals surface area (Å²) in [7, 11) is 0. The van der Waals surface area contributed by atoms with E-state index in [1.54, 1.807) is 0 Å². The van der Waals surface area contributed by atoms with Crippen LogP contribution in [0.4, 0.5) is 0 Å². The summed E-state index contributed by atoms with van der Waals surface area (Å²) in [6.07, 6.45) is 6.15. The van der Waals surface area contributed by atoms with Crippen LogP contribution in [0.15, 0.2) is 17.5 Å². The molecule has 3 unspecified atom stereocenters. The molecule has 1 N–H and O–H groups in total. The van der Waals surface area contributed by atoms with Crippen molar-refractivity contribution in [1.82, 2.24) is 5.32 Å². The van der Waals surface area contributed by atoms with Crippen LogP contribution < -0.4 is 5.32 Å². The Bertz CT molecular complexity index is 374. The topological polar surface area (TPSA) is 21.3 Å². The molecule has 1 heterocycles. The van der Waals surface area contributed by atoms with Crippen LogP contribution in [-0.4, -0.2) is 24.8 Å². The molecule has 0 aromatic carbocycles. The molecule has 0 saturated heterocycles. The van der Waals surface area contributed by atoms with Crippen molar-refractivity contribution in [2.75, 3.05) is 13.2 Å². The van der Waals surface area contributed by atoms with Gasteiger partial charge >= 0.3 is 0 Å². The Morgan fingerprint density at radius 1 is 1.50 bits per heavy atom. The van der Waals surface area contributed by atoms with Crippen LogP contribution in [0.3, 0.4) is 0 Å². The first kappa shape index (κ1) is 16.0. The molecule has 1 aromatic heterocycles. The number of hydrogen-bond acceptors (Lipinski definition) is 3. The van der Waals surface area contributed by atoms with Crippen molar-refractivity contribution < 1.29 is 4.74 Å². The Kier molecular flexibility index (Phi) is 6.06. The largest absolute Gasteiger partial charge is 0.374 e. The molecule has 1 aliphatic rings. The average Bonchev–Trinajstić information content (AvgIpc) is 2.91. The van der Waals surface area contributed by atoms with Crippen molar-refractivity contribution in [3.8, 4) is 0 Å². The lowest BCUT2D eigenvalue weighted by Gasteiger charge is -2.45. The molecule has 20 heavy (non-hydrogen) atoms. The van der Waals surface area contributed by atoms with Crippen LogP contribution in [0.2, 0.25) is 0 Å². The van der Waals surface area contributed by atoms with E-state index in [1.807, 2.05) is 11.3 Å². The van der Waals surface area contributed by atoms with Gasteiger partial charge in [0.25, 0.3) is 0 Å². The third-order valence-corrected chi connectivity index (χ3v) is 5.39. The zero-order valence-electron chi connectivity index (χ0n) is 13.2. The number of rotatable bonds is 7. The van der Waals surface area contributed by atoms with Crippen molar-refractivity contribution in [1.29, 1.82) is 0 Å². The van der Waals surface area contributed by atoms with Crippen molar-refractivity contribution in [2.45, 2.75) is 64.5 Å². The van der Waals surface area contributed by atoms with Gasteiger partial charge in [0.05, 0.1) is 5.60 Å². The standard InChI is InChI=1S/C17H29NOS/c1-4-18-16(12-15-9-7-11-20-15)17(19-5-2)10-6-8-14(3)13-17/h7,9,11,14,16,18H,4-6,8,10,12-13H2,1-3H3. The van der Waals surface area contributed by atoms with Gasteiger partial charge < -0.3 is 10.1 Å². The van der Waals surface area contributed by atoms with Gasteiger partial charge in [-0.2, -0.15) is 0 Å². The number of hydrogen-bond donors (Lipinski definition) is 1. The van der Waals surface area contributed by atoms with Gasteiger partial charge in [0, 0.05) is 17.5 Å². The molecule has 1 saturated carbocycles. The lowest BCUT2D eigenvalue weighted by Crippen LogP contribution is -2.55. The molecule has 3 atom stereocenters. The van der Waals surface area contributed by atoms with Crippen LogP contribution in [0, 0.1) is 5.92 Å². The van der Waals surface area contributed by atoms with Gasteiger partial charge in [-0.25, -0.2) is 0 Å². The summed E-state index contributed by atoms with van der Waals surface area (Å²) in [6.45, 7) is 8.54. The summed E-state index contributed by atoms with van der Waals surface area (Å²) in [5.74, 6) is 0.778.